The zero-order valence-electron chi connectivity index (χ0n) is 13.2. The smallest absolute Gasteiger partial charge is 0.305 e. The molecule has 0 radical (unpaired) electrons. The van der Waals surface area contributed by atoms with Crippen molar-refractivity contribution in [1.29, 1.82) is 0 Å². The van der Waals surface area contributed by atoms with Crippen molar-refractivity contribution >= 4 is 5.97 Å². The first kappa shape index (κ1) is 15.8. The molecule has 20 heavy (non-hydrogen) atoms. The summed E-state index contributed by atoms with van der Waals surface area (Å²) in [4.78, 5) is 13.7. The molecule has 2 aliphatic carbocycles. The topological polar surface area (TPSA) is 40.5 Å². The third-order valence-electron chi connectivity index (χ3n) is 5.74. The lowest BCUT2D eigenvalue weighted by molar-refractivity contribution is -0.141. The van der Waals surface area contributed by atoms with Crippen molar-refractivity contribution in [1.82, 2.24) is 4.90 Å². The minimum Gasteiger partial charge on any atom is -0.481 e. The van der Waals surface area contributed by atoms with E-state index >= 15 is 0 Å². The standard InChI is InChI=1S/C17H31NO2/c1-14-6-8-15(9-7-14)13-18(2)17(12-16(19)20)10-4-3-5-11-17/h14-15H,3-13H2,1-2H3,(H,19,20). The molecule has 0 saturated heterocycles. The van der Waals surface area contributed by atoms with E-state index in [0.717, 1.165) is 31.2 Å². The van der Waals surface area contributed by atoms with Crippen molar-refractivity contribution in [2.45, 2.75) is 76.7 Å². The second-order valence-electron chi connectivity index (χ2n) is 7.36. The molecular weight excluding hydrogens is 250 g/mol. The van der Waals surface area contributed by atoms with Crippen LogP contribution in [0.3, 0.4) is 0 Å². The van der Waals surface area contributed by atoms with Crippen LogP contribution < -0.4 is 0 Å². The highest BCUT2D eigenvalue weighted by molar-refractivity contribution is 5.68. The molecule has 2 saturated carbocycles. The molecule has 1 N–H and O–H groups in total. The zero-order chi connectivity index (χ0) is 14.6. The maximum Gasteiger partial charge on any atom is 0.305 e. The number of nitrogens with zero attached hydrogens (tertiary/aromatic N) is 1. The summed E-state index contributed by atoms with van der Waals surface area (Å²) in [6, 6.07) is 0. The second-order valence-corrected chi connectivity index (χ2v) is 7.36. The predicted molar refractivity (Wildman–Crippen MR) is 81.8 cm³/mol. The van der Waals surface area contributed by atoms with Gasteiger partial charge in [0, 0.05) is 12.1 Å². The maximum atomic E-state index is 11.3. The monoisotopic (exact) mass is 281 g/mol. The van der Waals surface area contributed by atoms with Crippen LogP contribution in [0.5, 0.6) is 0 Å². The Morgan fingerprint density at radius 3 is 2.30 bits per heavy atom. The van der Waals surface area contributed by atoms with Gasteiger partial charge in [0.1, 0.15) is 0 Å². The fraction of sp³-hybridized carbons (Fsp3) is 0.941. The highest BCUT2D eigenvalue weighted by atomic mass is 16.4. The van der Waals surface area contributed by atoms with E-state index in [1.807, 2.05) is 0 Å². The quantitative estimate of drug-likeness (QED) is 0.830. The molecule has 0 aromatic carbocycles. The molecule has 116 valence electrons. The first-order valence-electron chi connectivity index (χ1n) is 8.45. The van der Waals surface area contributed by atoms with Crippen LogP contribution in [0, 0.1) is 11.8 Å². The minimum atomic E-state index is -0.629. The molecule has 0 bridgehead atoms. The highest BCUT2D eigenvalue weighted by Crippen LogP contribution is 2.38. The summed E-state index contributed by atoms with van der Waals surface area (Å²) >= 11 is 0. The van der Waals surface area contributed by atoms with Crippen molar-refractivity contribution < 1.29 is 9.90 Å². The van der Waals surface area contributed by atoms with Gasteiger partial charge < -0.3 is 5.11 Å². The normalized spacial score (nSPS) is 30.4. The molecule has 0 spiro atoms. The van der Waals surface area contributed by atoms with E-state index in [4.69, 9.17) is 0 Å². The third-order valence-corrected chi connectivity index (χ3v) is 5.74. The van der Waals surface area contributed by atoms with Gasteiger partial charge in [0.05, 0.1) is 6.42 Å². The van der Waals surface area contributed by atoms with Gasteiger partial charge in [-0.25, -0.2) is 0 Å². The summed E-state index contributed by atoms with van der Waals surface area (Å²) in [5.41, 5.74) is -0.0624. The zero-order valence-corrected chi connectivity index (χ0v) is 13.2. The molecule has 0 aromatic heterocycles. The van der Waals surface area contributed by atoms with Crippen LogP contribution in [0.4, 0.5) is 0 Å². The number of carboxylic acid groups (broad SMARTS) is 1. The van der Waals surface area contributed by atoms with Gasteiger partial charge in [0.15, 0.2) is 0 Å². The molecule has 0 unspecified atom stereocenters. The first-order valence-corrected chi connectivity index (χ1v) is 8.45. The SMILES string of the molecule is CC1CCC(CN(C)C2(CC(=O)O)CCCCC2)CC1. The number of aliphatic carboxylic acids is 1. The Balaban J connectivity index is 1.95. The van der Waals surface area contributed by atoms with Crippen molar-refractivity contribution in [3.05, 3.63) is 0 Å². The first-order chi connectivity index (χ1) is 9.52. The number of carbonyl (C=O) groups is 1. The summed E-state index contributed by atoms with van der Waals surface area (Å²) in [5, 5.41) is 9.29. The molecule has 2 fully saturated rings. The molecule has 0 heterocycles. The Morgan fingerprint density at radius 2 is 1.75 bits per heavy atom. The molecular formula is C17H31NO2. The lowest BCUT2D eigenvalue weighted by atomic mass is 9.76. The number of rotatable bonds is 5. The average molecular weight is 281 g/mol. The van der Waals surface area contributed by atoms with Crippen molar-refractivity contribution in [3.8, 4) is 0 Å². The Morgan fingerprint density at radius 1 is 1.15 bits per heavy atom. The largest absolute Gasteiger partial charge is 0.481 e. The van der Waals surface area contributed by atoms with Crippen LogP contribution in [0.1, 0.15) is 71.1 Å². The van der Waals surface area contributed by atoms with E-state index in [-0.39, 0.29) is 5.54 Å². The minimum absolute atomic E-state index is 0.0624. The van der Waals surface area contributed by atoms with E-state index in [9.17, 15) is 9.90 Å². The van der Waals surface area contributed by atoms with Gasteiger partial charge in [0.2, 0.25) is 0 Å². The summed E-state index contributed by atoms with van der Waals surface area (Å²) in [6.07, 6.45) is 11.5. The lowest BCUT2D eigenvalue weighted by Gasteiger charge is -2.45. The summed E-state index contributed by atoms with van der Waals surface area (Å²) in [6.45, 7) is 3.45. The Kier molecular flexibility index (Phi) is 5.48. The molecule has 2 aliphatic rings. The van der Waals surface area contributed by atoms with Crippen LogP contribution >= 0.6 is 0 Å². The highest BCUT2D eigenvalue weighted by Gasteiger charge is 2.38. The molecule has 0 aromatic rings. The molecule has 2 rings (SSSR count). The van der Waals surface area contributed by atoms with Gasteiger partial charge in [-0.05, 0) is 44.6 Å². The van der Waals surface area contributed by atoms with Crippen molar-refractivity contribution in [2.24, 2.45) is 11.8 Å². The molecule has 3 heteroatoms. The van der Waals surface area contributed by atoms with Crippen molar-refractivity contribution in [2.75, 3.05) is 13.6 Å². The molecule has 0 aliphatic heterocycles. The van der Waals surface area contributed by atoms with E-state index < -0.39 is 5.97 Å². The molecule has 0 atom stereocenters. The van der Waals surface area contributed by atoms with Gasteiger partial charge >= 0.3 is 5.97 Å². The Bertz CT molecular complexity index is 315. The van der Waals surface area contributed by atoms with Gasteiger partial charge in [-0.15, -0.1) is 0 Å². The summed E-state index contributed by atoms with van der Waals surface area (Å²) < 4.78 is 0. The fourth-order valence-corrected chi connectivity index (χ4v) is 4.28. The van der Waals surface area contributed by atoms with Crippen molar-refractivity contribution in [3.63, 3.8) is 0 Å². The Labute approximate surface area is 123 Å². The fourth-order valence-electron chi connectivity index (χ4n) is 4.28. The van der Waals surface area contributed by atoms with E-state index in [1.54, 1.807) is 0 Å². The van der Waals surface area contributed by atoms with E-state index in [2.05, 4.69) is 18.9 Å². The van der Waals surface area contributed by atoms with Crippen LogP contribution in [0.25, 0.3) is 0 Å². The van der Waals surface area contributed by atoms with Gasteiger partial charge in [-0.3, -0.25) is 9.69 Å². The molecule has 0 amide bonds. The van der Waals surface area contributed by atoms with Gasteiger partial charge in [-0.1, -0.05) is 39.0 Å². The van der Waals surface area contributed by atoms with Crippen LogP contribution in [0.2, 0.25) is 0 Å². The van der Waals surface area contributed by atoms with E-state index in [0.29, 0.717) is 6.42 Å². The van der Waals surface area contributed by atoms with Crippen LogP contribution in [0.15, 0.2) is 0 Å². The average Bonchev–Trinajstić information content (AvgIpc) is 2.41. The lowest BCUT2D eigenvalue weighted by Crippen LogP contribution is -2.51. The van der Waals surface area contributed by atoms with Crippen LogP contribution in [-0.4, -0.2) is 35.1 Å². The number of hydrogen-bond donors (Lipinski definition) is 1. The maximum absolute atomic E-state index is 11.3. The number of hydrogen-bond acceptors (Lipinski definition) is 2. The predicted octanol–water partition coefficient (Wildman–Crippen LogP) is 3.92. The summed E-state index contributed by atoms with van der Waals surface area (Å²) in [5.74, 6) is 1.04. The second kappa shape index (κ2) is 6.93. The number of carboxylic acids is 1. The van der Waals surface area contributed by atoms with E-state index in [1.165, 1.54) is 44.9 Å². The Hall–Kier alpha value is -0.570. The summed E-state index contributed by atoms with van der Waals surface area (Å²) in [7, 11) is 2.17. The van der Waals surface area contributed by atoms with Crippen LogP contribution in [-0.2, 0) is 4.79 Å². The molecule has 3 nitrogen and oxygen atoms in total. The van der Waals surface area contributed by atoms with Gasteiger partial charge in [-0.2, -0.15) is 0 Å². The third kappa shape index (κ3) is 3.97. The van der Waals surface area contributed by atoms with Gasteiger partial charge in [0.25, 0.3) is 0 Å².